The molecule has 2 aliphatic rings. The molecule has 5 nitrogen and oxygen atoms in total. The number of carbonyl (C=O) groups excluding carboxylic acids is 1. The minimum absolute atomic E-state index is 0.272. The third-order valence-electron chi connectivity index (χ3n) is 7.34. The minimum Gasteiger partial charge on any atom is -0.381 e. The first kappa shape index (κ1) is 22.1. The van der Waals surface area contributed by atoms with Gasteiger partial charge >= 0.3 is 0 Å². The fourth-order valence-corrected chi connectivity index (χ4v) is 5.57. The van der Waals surface area contributed by atoms with Crippen molar-refractivity contribution >= 4 is 16.8 Å². The zero-order valence-electron chi connectivity index (χ0n) is 19.5. The maximum absolute atomic E-state index is 14.1. The lowest BCUT2D eigenvalue weighted by atomic mass is 9.73. The molecule has 172 valence electrons. The number of hydrogen-bond acceptors (Lipinski definition) is 4. The molecule has 0 radical (unpaired) electrons. The number of carbonyl (C=O) groups is 1. The molecule has 0 unspecified atom stereocenters. The van der Waals surface area contributed by atoms with Crippen LogP contribution < -0.4 is 0 Å². The first-order valence-electron chi connectivity index (χ1n) is 12.1. The Labute approximate surface area is 196 Å². The Balaban J connectivity index is 1.39. The number of para-hydroxylation sites is 1. The predicted molar refractivity (Wildman–Crippen MR) is 131 cm³/mol. The summed E-state index contributed by atoms with van der Waals surface area (Å²) in [6.45, 7) is 4.72. The Morgan fingerprint density at radius 3 is 2.61 bits per heavy atom. The topological polar surface area (TPSA) is 45.7 Å². The van der Waals surface area contributed by atoms with Crippen LogP contribution in [0.2, 0.25) is 0 Å². The molecule has 2 aromatic carbocycles. The molecule has 0 N–H and O–H groups in total. The third kappa shape index (κ3) is 4.66. The lowest BCUT2D eigenvalue weighted by Crippen LogP contribution is -2.51. The van der Waals surface area contributed by atoms with Crippen LogP contribution in [0.5, 0.6) is 0 Å². The van der Waals surface area contributed by atoms with Crippen LogP contribution in [0.4, 0.5) is 0 Å². The summed E-state index contributed by atoms with van der Waals surface area (Å²) >= 11 is 0. The first-order valence-corrected chi connectivity index (χ1v) is 12.1. The molecule has 1 amide bonds. The number of hydrogen-bond donors (Lipinski definition) is 0. The zero-order valence-corrected chi connectivity index (χ0v) is 19.5. The van der Waals surface area contributed by atoms with E-state index in [1.54, 1.807) is 0 Å². The molecular weight excluding hydrogens is 410 g/mol. The molecule has 3 heterocycles. The fraction of sp³-hybridized carbons (Fsp3) is 0.429. The smallest absolute Gasteiger partial charge is 0.233 e. The Kier molecular flexibility index (Phi) is 6.43. The lowest BCUT2D eigenvalue weighted by molar-refractivity contribution is -0.141. The lowest BCUT2D eigenvalue weighted by Gasteiger charge is -2.40. The molecule has 3 aromatic rings. The standard InChI is InChI=1S/C28H33N3O2/c1-30-13-14-31(27(32)28(11-15-33-16-12-28)25-8-3-2-4-9-25)21-23(20-30)17-22-18-24-7-5-6-10-26(24)29-19-22/h2-10,18-19,23H,11-17,20-21H2,1H3/t23-/m0/s1. The highest BCUT2D eigenvalue weighted by molar-refractivity contribution is 5.88. The third-order valence-corrected chi connectivity index (χ3v) is 7.34. The summed E-state index contributed by atoms with van der Waals surface area (Å²) in [5, 5.41) is 1.18. The van der Waals surface area contributed by atoms with Gasteiger partial charge in [0.25, 0.3) is 0 Å². The molecule has 33 heavy (non-hydrogen) atoms. The monoisotopic (exact) mass is 443 g/mol. The van der Waals surface area contributed by atoms with Crippen molar-refractivity contribution < 1.29 is 9.53 Å². The second kappa shape index (κ2) is 9.62. The molecule has 5 heteroatoms. The quantitative estimate of drug-likeness (QED) is 0.613. The number of nitrogens with zero attached hydrogens (tertiary/aromatic N) is 3. The van der Waals surface area contributed by atoms with Crippen LogP contribution in [-0.2, 0) is 21.4 Å². The van der Waals surface area contributed by atoms with Crippen molar-refractivity contribution in [3.8, 4) is 0 Å². The van der Waals surface area contributed by atoms with E-state index in [1.165, 1.54) is 10.9 Å². The highest BCUT2D eigenvalue weighted by atomic mass is 16.5. The molecule has 0 bridgehead atoms. The maximum Gasteiger partial charge on any atom is 0.233 e. The summed E-state index contributed by atoms with van der Waals surface area (Å²) in [6.07, 6.45) is 4.43. The molecular formula is C28H33N3O2. The van der Waals surface area contributed by atoms with Gasteiger partial charge in [0.2, 0.25) is 5.91 Å². The Bertz CT molecular complexity index is 1090. The van der Waals surface area contributed by atoms with Gasteiger partial charge in [0.05, 0.1) is 10.9 Å². The summed E-state index contributed by atoms with van der Waals surface area (Å²) < 4.78 is 5.67. The Morgan fingerprint density at radius 2 is 1.79 bits per heavy atom. The van der Waals surface area contributed by atoms with Crippen LogP contribution in [0.3, 0.4) is 0 Å². The van der Waals surface area contributed by atoms with Gasteiger partial charge in [0, 0.05) is 51.0 Å². The van der Waals surface area contributed by atoms with Crippen molar-refractivity contribution in [2.75, 3.05) is 46.4 Å². The predicted octanol–water partition coefficient (Wildman–Crippen LogP) is 3.92. The number of pyridine rings is 1. The van der Waals surface area contributed by atoms with E-state index in [-0.39, 0.29) is 5.91 Å². The van der Waals surface area contributed by atoms with Crippen LogP contribution in [0.25, 0.3) is 10.9 Å². The molecule has 2 fully saturated rings. The highest BCUT2D eigenvalue weighted by Crippen LogP contribution is 2.37. The summed E-state index contributed by atoms with van der Waals surface area (Å²) in [7, 11) is 2.17. The van der Waals surface area contributed by atoms with E-state index in [2.05, 4.69) is 58.2 Å². The molecule has 1 atom stereocenters. The summed E-state index contributed by atoms with van der Waals surface area (Å²) in [5.41, 5.74) is 2.93. The summed E-state index contributed by atoms with van der Waals surface area (Å²) in [4.78, 5) is 23.3. The zero-order chi connectivity index (χ0) is 22.7. The van der Waals surface area contributed by atoms with E-state index in [1.807, 2.05) is 30.5 Å². The Hall–Kier alpha value is -2.76. The van der Waals surface area contributed by atoms with Crippen molar-refractivity contribution in [3.05, 3.63) is 78.0 Å². The largest absolute Gasteiger partial charge is 0.381 e. The molecule has 0 spiro atoms. The second-order valence-corrected chi connectivity index (χ2v) is 9.68. The van der Waals surface area contributed by atoms with Gasteiger partial charge < -0.3 is 14.5 Å². The van der Waals surface area contributed by atoms with Crippen molar-refractivity contribution in [2.24, 2.45) is 5.92 Å². The molecule has 2 aliphatic heterocycles. The molecule has 5 rings (SSSR count). The summed E-state index contributed by atoms with van der Waals surface area (Å²) in [6, 6.07) is 20.9. The van der Waals surface area contributed by atoms with Gasteiger partial charge in [-0.1, -0.05) is 48.5 Å². The van der Waals surface area contributed by atoms with E-state index in [4.69, 9.17) is 4.74 Å². The van der Waals surface area contributed by atoms with Crippen molar-refractivity contribution in [1.82, 2.24) is 14.8 Å². The summed E-state index contributed by atoms with van der Waals surface area (Å²) in [5.74, 6) is 0.644. The van der Waals surface area contributed by atoms with Crippen LogP contribution in [0.1, 0.15) is 24.0 Å². The number of rotatable bonds is 4. The normalized spacial score (nSPS) is 21.6. The van der Waals surface area contributed by atoms with Gasteiger partial charge in [-0.25, -0.2) is 0 Å². The molecule has 0 aliphatic carbocycles. The number of fused-ring (bicyclic) bond motifs is 1. The van der Waals surface area contributed by atoms with Crippen LogP contribution in [0, 0.1) is 5.92 Å². The van der Waals surface area contributed by atoms with E-state index < -0.39 is 5.41 Å². The molecule has 0 saturated carbocycles. The fourth-order valence-electron chi connectivity index (χ4n) is 5.57. The van der Waals surface area contributed by atoms with Gasteiger partial charge in [-0.2, -0.15) is 0 Å². The van der Waals surface area contributed by atoms with Crippen LogP contribution >= 0.6 is 0 Å². The number of benzene rings is 2. The first-order chi connectivity index (χ1) is 16.1. The van der Waals surface area contributed by atoms with E-state index in [0.29, 0.717) is 19.1 Å². The highest BCUT2D eigenvalue weighted by Gasteiger charge is 2.44. The van der Waals surface area contributed by atoms with Gasteiger partial charge in [0.15, 0.2) is 0 Å². The number of amides is 1. The molecule has 2 saturated heterocycles. The average Bonchev–Trinajstić information content (AvgIpc) is 3.05. The molecule has 1 aromatic heterocycles. The van der Waals surface area contributed by atoms with Crippen LogP contribution in [0.15, 0.2) is 66.9 Å². The average molecular weight is 444 g/mol. The van der Waals surface area contributed by atoms with E-state index in [0.717, 1.165) is 56.5 Å². The van der Waals surface area contributed by atoms with Gasteiger partial charge in [0.1, 0.15) is 0 Å². The van der Waals surface area contributed by atoms with Gasteiger partial charge in [-0.3, -0.25) is 9.78 Å². The van der Waals surface area contributed by atoms with E-state index in [9.17, 15) is 4.79 Å². The minimum atomic E-state index is -0.475. The van der Waals surface area contributed by atoms with E-state index >= 15 is 0 Å². The van der Waals surface area contributed by atoms with Gasteiger partial charge in [-0.15, -0.1) is 0 Å². The SMILES string of the molecule is CN1CCN(C(=O)C2(c3ccccc3)CCOCC2)C[C@@H](Cc2cnc3ccccc3c2)C1. The van der Waals surface area contributed by atoms with Gasteiger partial charge in [-0.05, 0) is 55.5 Å². The maximum atomic E-state index is 14.1. The number of likely N-dealkylation sites (N-methyl/N-ethyl adjacent to an activating group) is 1. The van der Waals surface area contributed by atoms with Crippen LogP contribution in [-0.4, -0.2) is 67.1 Å². The number of ether oxygens (including phenoxy) is 1. The van der Waals surface area contributed by atoms with Crippen molar-refractivity contribution in [1.29, 1.82) is 0 Å². The second-order valence-electron chi connectivity index (χ2n) is 9.68. The van der Waals surface area contributed by atoms with Crippen molar-refractivity contribution in [3.63, 3.8) is 0 Å². The number of aromatic nitrogens is 1. The van der Waals surface area contributed by atoms with Crippen molar-refractivity contribution in [2.45, 2.75) is 24.7 Å². The Morgan fingerprint density at radius 1 is 1.03 bits per heavy atom.